The maximum atomic E-state index is 4.33. The fourth-order valence-electron chi connectivity index (χ4n) is 2.21. The van der Waals surface area contributed by atoms with Gasteiger partial charge in [0, 0.05) is 50.3 Å². The lowest BCUT2D eigenvalue weighted by molar-refractivity contribution is 0.0998. The van der Waals surface area contributed by atoms with Crippen molar-refractivity contribution in [2.24, 2.45) is 0 Å². The van der Waals surface area contributed by atoms with Gasteiger partial charge in [0.05, 0.1) is 6.04 Å². The van der Waals surface area contributed by atoms with Gasteiger partial charge in [-0.15, -0.1) is 0 Å². The van der Waals surface area contributed by atoms with Crippen LogP contribution in [0.5, 0.6) is 0 Å². The van der Waals surface area contributed by atoms with E-state index in [1.807, 2.05) is 36.8 Å². The van der Waals surface area contributed by atoms with Crippen molar-refractivity contribution in [1.82, 2.24) is 19.7 Å². The van der Waals surface area contributed by atoms with E-state index < -0.39 is 0 Å². The van der Waals surface area contributed by atoms with Gasteiger partial charge in [0.2, 0.25) is 0 Å². The summed E-state index contributed by atoms with van der Waals surface area (Å²) >= 11 is 0. The molecular formula is C13H16N4. The van der Waals surface area contributed by atoms with Gasteiger partial charge in [-0.25, -0.2) is 0 Å². The highest BCUT2D eigenvalue weighted by molar-refractivity contribution is 5.04. The minimum Gasteiger partial charge on any atom is -0.299 e. The molecule has 0 N–H and O–H groups in total. The molecule has 3 rings (SSSR count). The summed E-state index contributed by atoms with van der Waals surface area (Å²) in [6, 6.07) is 8.64. The number of pyridine rings is 1. The smallest absolute Gasteiger partial charge is 0.0772 e. The topological polar surface area (TPSA) is 34.0 Å². The maximum absolute atomic E-state index is 4.33. The molecule has 0 radical (unpaired) electrons. The minimum absolute atomic E-state index is 0.564. The summed E-state index contributed by atoms with van der Waals surface area (Å²) in [7, 11) is 0. The Labute approximate surface area is 101 Å². The summed E-state index contributed by atoms with van der Waals surface area (Å²) in [5, 5.41) is 4.27. The number of aromatic nitrogens is 3. The number of likely N-dealkylation sites (tertiary alicyclic amines) is 1. The number of hydrogen-bond acceptors (Lipinski definition) is 3. The molecule has 0 bridgehead atoms. The summed E-state index contributed by atoms with van der Waals surface area (Å²) in [4.78, 5) is 6.78. The highest BCUT2D eigenvalue weighted by Crippen LogP contribution is 2.19. The van der Waals surface area contributed by atoms with E-state index in [0.717, 1.165) is 26.1 Å². The van der Waals surface area contributed by atoms with Gasteiger partial charge in [-0.05, 0) is 18.2 Å². The molecule has 0 saturated carbocycles. The lowest BCUT2D eigenvalue weighted by Gasteiger charge is -2.39. The third kappa shape index (κ3) is 2.36. The largest absolute Gasteiger partial charge is 0.299 e. The molecule has 0 amide bonds. The molecular weight excluding hydrogens is 212 g/mol. The zero-order chi connectivity index (χ0) is 11.5. The number of rotatable bonds is 4. The highest BCUT2D eigenvalue weighted by Gasteiger charge is 2.27. The molecule has 17 heavy (non-hydrogen) atoms. The van der Waals surface area contributed by atoms with Crippen molar-refractivity contribution in [2.45, 2.75) is 12.5 Å². The van der Waals surface area contributed by atoms with Crippen LogP contribution in [0, 0.1) is 0 Å². The van der Waals surface area contributed by atoms with E-state index in [1.54, 1.807) is 0 Å². The first-order chi connectivity index (χ1) is 8.42. The van der Waals surface area contributed by atoms with E-state index >= 15 is 0 Å². The summed E-state index contributed by atoms with van der Waals surface area (Å²) in [5.74, 6) is 0. The fourth-order valence-corrected chi connectivity index (χ4v) is 2.21. The Kier molecular flexibility index (Phi) is 2.88. The van der Waals surface area contributed by atoms with Gasteiger partial charge in [0.15, 0.2) is 0 Å². The first-order valence-electron chi connectivity index (χ1n) is 6.03. The van der Waals surface area contributed by atoms with Crippen molar-refractivity contribution in [2.75, 3.05) is 19.6 Å². The summed E-state index contributed by atoms with van der Waals surface area (Å²) in [6.07, 6.45) is 6.78. The van der Waals surface area contributed by atoms with Crippen LogP contribution in [-0.4, -0.2) is 39.3 Å². The second-order valence-corrected chi connectivity index (χ2v) is 4.47. The standard InChI is InChI=1S/C13H16N4/c1-2-6-14-12(4-1)5-9-16-10-13(11-16)17-8-3-7-15-17/h1-4,6-8,13H,5,9-11H2. The van der Waals surface area contributed by atoms with Crippen molar-refractivity contribution in [3.05, 3.63) is 48.5 Å². The SMILES string of the molecule is c1ccc(CCN2CC(n3cccn3)C2)nc1. The van der Waals surface area contributed by atoms with Crippen LogP contribution < -0.4 is 0 Å². The molecule has 1 aliphatic heterocycles. The molecule has 1 aliphatic rings. The maximum Gasteiger partial charge on any atom is 0.0772 e. The summed E-state index contributed by atoms with van der Waals surface area (Å²) in [5.41, 5.74) is 1.18. The Hall–Kier alpha value is -1.68. The molecule has 2 aromatic rings. The Morgan fingerprint density at radius 1 is 1.18 bits per heavy atom. The van der Waals surface area contributed by atoms with E-state index in [0.29, 0.717) is 6.04 Å². The van der Waals surface area contributed by atoms with Crippen LogP contribution in [0.1, 0.15) is 11.7 Å². The fraction of sp³-hybridized carbons (Fsp3) is 0.385. The Morgan fingerprint density at radius 3 is 2.82 bits per heavy atom. The first kappa shape index (κ1) is 10.5. The molecule has 4 heteroatoms. The van der Waals surface area contributed by atoms with Gasteiger partial charge in [-0.2, -0.15) is 5.10 Å². The average molecular weight is 228 g/mol. The highest BCUT2D eigenvalue weighted by atomic mass is 15.4. The van der Waals surface area contributed by atoms with E-state index in [4.69, 9.17) is 0 Å². The van der Waals surface area contributed by atoms with Gasteiger partial charge in [-0.1, -0.05) is 6.07 Å². The van der Waals surface area contributed by atoms with Gasteiger partial charge in [-0.3, -0.25) is 14.6 Å². The summed E-state index contributed by atoms with van der Waals surface area (Å²) in [6.45, 7) is 3.30. The molecule has 4 nitrogen and oxygen atoms in total. The van der Waals surface area contributed by atoms with Gasteiger partial charge < -0.3 is 0 Å². The lowest BCUT2D eigenvalue weighted by atomic mass is 10.1. The molecule has 88 valence electrons. The second-order valence-electron chi connectivity index (χ2n) is 4.47. The molecule has 0 unspecified atom stereocenters. The van der Waals surface area contributed by atoms with Crippen LogP contribution in [0.3, 0.4) is 0 Å². The Bertz CT molecular complexity index is 446. The predicted octanol–water partition coefficient (Wildman–Crippen LogP) is 1.38. The third-order valence-corrected chi connectivity index (χ3v) is 3.25. The van der Waals surface area contributed by atoms with Crippen LogP contribution in [-0.2, 0) is 6.42 Å². The second kappa shape index (κ2) is 4.67. The van der Waals surface area contributed by atoms with E-state index in [-0.39, 0.29) is 0 Å². The van der Waals surface area contributed by atoms with Crippen molar-refractivity contribution < 1.29 is 0 Å². The third-order valence-electron chi connectivity index (χ3n) is 3.25. The normalized spacial score (nSPS) is 16.9. The Morgan fingerprint density at radius 2 is 2.12 bits per heavy atom. The van der Waals surface area contributed by atoms with Crippen LogP contribution in [0.15, 0.2) is 42.9 Å². The first-order valence-corrected chi connectivity index (χ1v) is 6.03. The van der Waals surface area contributed by atoms with Crippen LogP contribution >= 0.6 is 0 Å². The van der Waals surface area contributed by atoms with Crippen LogP contribution in [0.4, 0.5) is 0 Å². The monoisotopic (exact) mass is 228 g/mol. The van der Waals surface area contributed by atoms with Crippen LogP contribution in [0.25, 0.3) is 0 Å². The van der Waals surface area contributed by atoms with E-state index in [1.165, 1.54) is 5.69 Å². The molecule has 0 aromatic carbocycles. The van der Waals surface area contributed by atoms with E-state index in [9.17, 15) is 0 Å². The van der Waals surface area contributed by atoms with Crippen molar-refractivity contribution in [3.8, 4) is 0 Å². The van der Waals surface area contributed by atoms with Crippen LogP contribution in [0.2, 0.25) is 0 Å². The number of hydrogen-bond donors (Lipinski definition) is 0. The van der Waals surface area contributed by atoms with Gasteiger partial charge in [0.25, 0.3) is 0 Å². The molecule has 0 aliphatic carbocycles. The molecule has 1 saturated heterocycles. The van der Waals surface area contributed by atoms with E-state index in [2.05, 4.69) is 25.7 Å². The molecule has 1 fully saturated rings. The quantitative estimate of drug-likeness (QED) is 0.792. The van der Waals surface area contributed by atoms with Gasteiger partial charge in [0.1, 0.15) is 0 Å². The molecule has 3 heterocycles. The minimum atomic E-state index is 0.564. The van der Waals surface area contributed by atoms with Crippen molar-refractivity contribution in [1.29, 1.82) is 0 Å². The van der Waals surface area contributed by atoms with Crippen molar-refractivity contribution in [3.63, 3.8) is 0 Å². The lowest BCUT2D eigenvalue weighted by Crippen LogP contribution is -2.48. The zero-order valence-corrected chi connectivity index (χ0v) is 9.74. The average Bonchev–Trinajstić information content (AvgIpc) is 2.82. The van der Waals surface area contributed by atoms with Crippen molar-refractivity contribution >= 4 is 0 Å². The van der Waals surface area contributed by atoms with Gasteiger partial charge >= 0.3 is 0 Å². The molecule has 0 atom stereocenters. The zero-order valence-electron chi connectivity index (χ0n) is 9.74. The Balaban J connectivity index is 1.45. The molecule has 0 spiro atoms. The summed E-state index contributed by atoms with van der Waals surface area (Å²) < 4.78 is 2.05. The predicted molar refractivity (Wildman–Crippen MR) is 65.6 cm³/mol. The number of nitrogens with zero attached hydrogens (tertiary/aromatic N) is 4. The molecule has 2 aromatic heterocycles.